The molecule has 3 aliphatic rings. The first-order chi connectivity index (χ1) is 8.93. The lowest BCUT2D eigenvalue weighted by Crippen LogP contribution is -2.47. The van der Waals surface area contributed by atoms with E-state index >= 15 is 0 Å². The van der Waals surface area contributed by atoms with Crippen LogP contribution in [-0.2, 0) is 4.79 Å². The lowest BCUT2D eigenvalue weighted by molar-refractivity contribution is -0.123. The molecule has 0 aromatic rings. The molecule has 0 radical (unpaired) electrons. The van der Waals surface area contributed by atoms with Crippen LogP contribution in [0.1, 0.15) is 59.3 Å². The van der Waals surface area contributed by atoms with Crippen molar-refractivity contribution in [3.8, 4) is 0 Å². The third-order valence-corrected chi connectivity index (χ3v) is 6.72. The average molecular weight is 264 g/mol. The lowest BCUT2D eigenvalue weighted by Gasteiger charge is -2.39. The summed E-state index contributed by atoms with van der Waals surface area (Å²) in [6.07, 6.45) is 6.85. The highest BCUT2D eigenvalue weighted by Crippen LogP contribution is 2.65. The van der Waals surface area contributed by atoms with Crippen LogP contribution in [0, 0.1) is 16.7 Å². The topological polar surface area (TPSA) is 41.1 Å². The molecule has 2 saturated carbocycles. The minimum atomic E-state index is 0.258. The maximum Gasteiger partial charge on any atom is 0.221 e. The van der Waals surface area contributed by atoms with Crippen molar-refractivity contribution in [3.05, 3.63) is 0 Å². The second kappa shape index (κ2) is 4.47. The Morgan fingerprint density at radius 1 is 1.32 bits per heavy atom. The van der Waals surface area contributed by atoms with Crippen molar-refractivity contribution in [2.45, 2.75) is 71.4 Å². The van der Waals surface area contributed by atoms with Crippen LogP contribution in [0.5, 0.6) is 0 Å². The van der Waals surface area contributed by atoms with E-state index in [9.17, 15) is 4.79 Å². The zero-order valence-corrected chi connectivity index (χ0v) is 12.6. The molecular formula is C16H28N2O. The minimum absolute atomic E-state index is 0.258. The van der Waals surface area contributed by atoms with Crippen LogP contribution >= 0.6 is 0 Å². The van der Waals surface area contributed by atoms with Crippen LogP contribution in [0.15, 0.2) is 0 Å². The molecule has 108 valence electrons. The highest BCUT2D eigenvalue weighted by molar-refractivity contribution is 5.77. The Bertz CT molecular complexity index is 373. The van der Waals surface area contributed by atoms with Crippen LogP contribution < -0.4 is 10.6 Å². The predicted octanol–water partition coefficient (Wildman–Crippen LogP) is 2.46. The molecule has 19 heavy (non-hydrogen) atoms. The normalized spacial score (nSPS) is 43.6. The molecule has 1 aliphatic heterocycles. The van der Waals surface area contributed by atoms with Gasteiger partial charge in [-0.3, -0.25) is 4.79 Å². The van der Waals surface area contributed by atoms with Gasteiger partial charge in [0.2, 0.25) is 5.91 Å². The molecule has 2 N–H and O–H groups in total. The number of hydrogen-bond acceptors (Lipinski definition) is 2. The summed E-state index contributed by atoms with van der Waals surface area (Å²) in [6.45, 7) is 8.26. The number of rotatable bonds is 3. The van der Waals surface area contributed by atoms with Crippen LogP contribution in [0.25, 0.3) is 0 Å². The minimum Gasteiger partial charge on any atom is -0.353 e. The van der Waals surface area contributed by atoms with E-state index in [0.29, 0.717) is 29.3 Å². The van der Waals surface area contributed by atoms with E-state index in [2.05, 4.69) is 31.4 Å². The molecule has 4 atom stereocenters. The summed E-state index contributed by atoms with van der Waals surface area (Å²) in [5.74, 6) is 1.06. The van der Waals surface area contributed by atoms with Crippen molar-refractivity contribution in [2.75, 3.05) is 6.54 Å². The maximum absolute atomic E-state index is 12.2. The highest BCUT2D eigenvalue weighted by atomic mass is 16.1. The van der Waals surface area contributed by atoms with Crippen molar-refractivity contribution in [3.63, 3.8) is 0 Å². The monoisotopic (exact) mass is 264 g/mol. The van der Waals surface area contributed by atoms with Gasteiger partial charge in [0.05, 0.1) is 0 Å². The molecule has 1 saturated heterocycles. The third-order valence-electron chi connectivity index (χ3n) is 6.72. The SMILES string of the molecule is CC1(C)C2CCC1(C)C(NC(=O)CC1CCCN1)C2. The fourth-order valence-corrected chi connectivity index (χ4v) is 4.83. The van der Waals surface area contributed by atoms with E-state index in [1.807, 2.05) is 0 Å². The Morgan fingerprint density at radius 3 is 2.63 bits per heavy atom. The first-order valence-corrected chi connectivity index (χ1v) is 7.96. The van der Waals surface area contributed by atoms with Crippen LogP contribution in [0.4, 0.5) is 0 Å². The van der Waals surface area contributed by atoms with E-state index in [-0.39, 0.29) is 5.91 Å². The van der Waals surface area contributed by atoms with E-state index in [1.165, 1.54) is 25.7 Å². The van der Waals surface area contributed by atoms with Crippen molar-refractivity contribution < 1.29 is 4.79 Å². The molecule has 2 bridgehead atoms. The molecule has 3 heteroatoms. The number of hydrogen-bond donors (Lipinski definition) is 2. The van der Waals surface area contributed by atoms with Crippen molar-refractivity contribution in [1.29, 1.82) is 0 Å². The Hall–Kier alpha value is -0.570. The summed E-state index contributed by atoms with van der Waals surface area (Å²) in [7, 11) is 0. The fourth-order valence-electron chi connectivity index (χ4n) is 4.83. The van der Waals surface area contributed by atoms with E-state index < -0.39 is 0 Å². The van der Waals surface area contributed by atoms with Crippen molar-refractivity contribution in [2.24, 2.45) is 16.7 Å². The molecule has 2 aliphatic carbocycles. The molecule has 1 heterocycles. The summed E-state index contributed by atoms with van der Waals surface area (Å²) in [4.78, 5) is 12.2. The third kappa shape index (κ3) is 2.01. The first-order valence-electron chi connectivity index (χ1n) is 7.96. The highest BCUT2D eigenvalue weighted by Gasteiger charge is 2.61. The predicted molar refractivity (Wildman–Crippen MR) is 76.8 cm³/mol. The van der Waals surface area contributed by atoms with Gasteiger partial charge in [0.25, 0.3) is 0 Å². The Morgan fingerprint density at radius 2 is 2.11 bits per heavy atom. The molecule has 0 spiro atoms. The van der Waals surface area contributed by atoms with Gasteiger partial charge in [0.15, 0.2) is 0 Å². The molecule has 1 amide bonds. The van der Waals surface area contributed by atoms with Gasteiger partial charge < -0.3 is 10.6 Å². The number of fused-ring (bicyclic) bond motifs is 2. The van der Waals surface area contributed by atoms with Crippen LogP contribution in [0.2, 0.25) is 0 Å². The Balaban J connectivity index is 1.60. The summed E-state index contributed by atoms with van der Waals surface area (Å²) < 4.78 is 0. The van der Waals surface area contributed by atoms with Gasteiger partial charge in [-0.25, -0.2) is 0 Å². The first kappa shape index (κ1) is 13.4. The second-order valence-electron chi connectivity index (χ2n) is 7.73. The summed E-state index contributed by atoms with van der Waals surface area (Å²) >= 11 is 0. The Kier molecular flexibility index (Phi) is 3.16. The van der Waals surface area contributed by atoms with Crippen LogP contribution in [0.3, 0.4) is 0 Å². The van der Waals surface area contributed by atoms with Crippen LogP contribution in [-0.4, -0.2) is 24.5 Å². The molecule has 3 nitrogen and oxygen atoms in total. The number of nitrogens with one attached hydrogen (secondary N) is 2. The number of carbonyl (C=O) groups is 1. The number of amides is 1. The largest absolute Gasteiger partial charge is 0.353 e. The Labute approximate surface area is 116 Å². The molecule has 3 fully saturated rings. The van der Waals surface area contributed by atoms with Gasteiger partial charge in [-0.2, -0.15) is 0 Å². The maximum atomic E-state index is 12.2. The molecule has 0 aromatic heterocycles. The smallest absolute Gasteiger partial charge is 0.221 e. The summed E-state index contributed by atoms with van der Waals surface area (Å²) in [6, 6.07) is 0.814. The van der Waals surface area contributed by atoms with Gasteiger partial charge in [-0.05, 0) is 55.4 Å². The molecule has 3 rings (SSSR count). The molecule has 4 unspecified atom stereocenters. The van der Waals surface area contributed by atoms with Gasteiger partial charge in [-0.1, -0.05) is 20.8 Å². The fraction of sp³-hybridized carbons (Fsp3) is 0.938. The standard InChI is InChI=1S/C16H28N2O/c1-15(2)11-6-7-16(15,3)13(9-11)18-14(19)10-12-5-4-8-17-12/h11-13,17H,4-10H2,1-3H3,(H,18,19). The van der Waals surface area contributed by atoms with Crippen molar-refractivity contribution >= 4 is 5.91 Å². The summed E-state index contributed by atoms with van der Waals surface area (Å²) in [5, 5.41) is 6.77. The summed E-state index contributed by atoms with van der Waals surface area (Å²) in [5.41, 5.74) is 0.687. The average Bonchev–Trinajstić information content (AvgIpc) is 2.95. The van der Waals surface area contributed by atoms with E-state index in [4.69, 9.17) is 0 Å². The zero-order chi connectivity index (χ0) is 13.7. The van der Waals surface area contributed by atoms with E-state index in [1.54, 1.807) is 0 Å². The van der Waals surface area contributed by atoms with Gasteiger partial charge in [-0.15, -0.1) is 0 Å². The van der Waals surface area contributed by atoms with Gasteiger partial charge in [0.1, 0.15) is 0 Å². The quantitative estimate of drug-likeness (QED) is 0.822. The van der Waals surface area contributed by atoms with Gasteiger partial charge >= 0.3 is 0 Å². The molecule has 0 aromatic carbocycles. The number of carbonyl (C=O) groups excluding carboxylic acids is 1. The van der Waals surface area contributed by atoms with Gasteiger partial charge in [0, 0.05) is 18.5 Å². The second-order valence-corrected chi connectivity index (χ2v) is 7.73. The van der Waals surface area contributed by atoms with Crippen molar-refractivity contribution in [1.82, 2.24) is 10.6 Å². The van der Waals surface area contributed by atoms with E-state index in [0.717, 1.165) is 18.9 Å². The zero-order valence-electron chi connectivity index (χ0n) is 12.6. The molecular weight excluding hydrogens is 236 g/mol. The lowest BCUT2D eigenvalue weighted by atomic mass is 9.69.